The van der Waals surface area contributed by atoms with Gasteiger partial charge in [-0.2, -0.15) is 0 Å². The number of ether oxygens (including phenoxy) is 3. The van der Waals surface area contributed by atoms with E-state index in [9.17, 15) is 34.8 Å². The Morgan fingerprint density at radius 3 is 2.30 bits per heavy atom. The van der Waals surface area contributed by atoms with E-state index in [4.69, 9.17) is 14.2 Å². The average Bonchev–Trinajstić information content (AvgIpc) is 2.89. The van der Waals surface area contributed by atoms with Crippen LogP contribution in [-0.4, -0.2) is 87.0 Å². The molecule has 220 valence electrons. The Balaban J connectivity index is 1.82. The minimum atomic E-state index is -1.93. The molecule has 1 aliphatic heterocycles. The number of aliphatic hydroxyl groups is 4. The van der Waals surface area contributed by atoms with Crippen LogP contribution in [-0.2, 0) is 23.8 Å². The highest BCUT2D eigenvalue weighted by atomic mass is 16.6. The van der Waals surface area contributed by atoms with E-state index >= 15 is 0 Å². The van der Waals surface area contributed by atoms with Gasteiger partial charge in [0.1, 0.15) is 17.8 Å². The van der Waals surface area contributed by atoms with Gasteiger partial charge in [-0.15, -0.1) is 0 Å². The second kappa shape index (κ2) is 10.6. The lowest BCUT2D eigenvalue weighted by Crippen LogP contribution is -2.69. The minimum absolute atomic E-state index is 0.112. The number of ketones is 1. The summed E-state index contributed by atoms with van der Waals surface area (Å²) in [6, 6.07) is 8.18. The Kier molecular flexibility index (Phi) is 8.07. The molecule has 10 heteroatoms. The number of hydrogen-bond acceptors (Lipinski definition) is 10. The first kappa shape index (κ1) is 30.3. The molecule has 1 saturated heterocycles. The van der Waals surface area contributed by atoms with Gasteiger partial charge in [0.2, 0.25) is 0 Å². The van der Waals surface area contributed by atoms with Crippen LogP contribution in [0.25, 0.3) is 0 Å². The lowest BCUT2D eigenvalue weighted by atomic mass is 9.50. The molecule has 1 heterocycles. The Hall–Kier alpha value is -2.63. The van der Waals surface area contributed by atoms with Crippen molar-refractivity contribution in [1.29, 1.82) is 0 Å². The number of Topliss-reactive ketones (excluding diaryl/α,β-unsaturated/α-hetero) is 1. The van der Waals surface area contributed by atoms with Crippen LogP contribution in [0, 0.1) is 16.7 Å². The Bertz CT molecular complexity index is 1190. The van der Waals surface area contributed by atoms with E-state index < -0.39 is 76.7 Å². The zero-order valence-corrected chi connectivity index (χ0v) is 23.8. The van der Waals surface area contributed by atoms with Crippen LogP contribution in [0.2, 0.25) is 0 Å². The van der Waals surface area contributed by atoms with Crippen molar-refractivity contribution in [2.24, 2.45) is 16.7 Å². The van der Waals surface area contributed by atoms with E-state index in [0.29, 0.717) is 5.57 Å². The molecule has 1 saturated carbocycles. The van der Waals surface area contributed by atoms with Crippen molar-refractivity contribution < 1.29 is 49.0 Å². The molecule has 0 spiro atoms. The van der Waals surface area contributed by atoms with Crippen molar-refractivity contribution in [3.05, 3.63) is 47.0 Å². The van der Waals surface area contributed by atoms with E-state index in [-0.39, 0.29) is 30.6 Å². The summed E-state index contributed by atoms with van der Waals surface area (Å²) in [4.78, 5) is 39.0. The van der Waals surface area contributed by atoms with Crippen molar-refractivity contribution in [2.45, 2.75) is 96.6 Å². The summed E-state index contributed by atoms with van der Waals surface area (Å²) in [6.07, 6.45) is -7.41. The molecule has 9 atom stereocenters. The maximum atomic E-state index is 14.2. The van der Waals surface area contributed by atoms with Gasteiger partial charge in [-0.1, -0.05) is 39.0 Å². The maximum absolute atomic E-state index is 14.2. The predicted octanol–water partition coefficient (Wildman–Crippen LogP) is 1.72. The number of fused-ring (bicyclic) bond motifs is 2. The fourth-order valence-electron chi connectivity index (χ4n) is 6.76. The zero-order chi connectivity index (χ0) is 29.8. The summed E-state index contributed by atoms with van der Waals surface area (Å²) in [5.41, 5.74) is -4.29. The number of hydrogen-bond donors (Lipinski definition) is 4. The highest BCUT2D eigenvalue weighted by molar-refractivity contribution is 5.93. The first-order valence-corrected chi connectivity index (χ1v) is 13.6. The van der Waals surface area contributed by atoms with Crippen LogP contribution in [0.15, 0.2) is 41.5 Å². The topological polar surface area (TPSA) is 160 Å². The number of benzene rings is 1. The number of carbonyl (C=O) groups is 3. The van der Waals surface area contributed by atoms with Crippen LogP contribution in [0.1, 0.15) is 64.7 Å². The number of aliphatic hydroxyl groups excluding tert-OH is 3. The van der Waals surface area contributed by atoms with Gasteiger partial charge < -0.3 is 34.6 Å². The first-order chi connectivity index (χ1) is 18.6. The van der Waals surface area contributed by atoms with Crippen molar-refractivity contribution in [2.75, 3.05) is 6.61 Å². The molecule has 2 aliphatic carbocycles. The van der Waals surface area contributed by atoms with Crippen LogP contribution < -0.4 is 0 Å². The van der Waals surface area contributed by atoms with Crippen LogP contribution in [0.3, 0.4) is 0 Å². The molecule has 0 aromatic heterocycles. The van der Waals surface area contributed by atoms with Crippen molar-refractivity contribution in [1.82, 2.24) is 0 Å². The molecular weight excluding hydrogens is 520 g/mol. The molecule has 4 N–H and O–H groups in total. The van der Waals surface area contributed by atoms with Gasteiger partial charge in [0.15, 0.2) is 11.9 Å². The largest absolute Gasteiger partial charge is 0.457 e. The van der Waals surface area contributed by atoms with Gasteiger partial charge in [0, 0.05) is 31.1 Å². The van der Waals surface area contributed by atoms with E-state index in [1.54, 1.807) is 58.0 Å². The Labute approximate surface area is 233 Å². The average molecular weight is 561 g/mol. The van der Waals surface area contributed by atoms with Gasteiger partial charge in [-0.3, -0.25) is 9.59 Å². The second-order valence-electron chi connectivity index (χ2n) is 12.2. The van der Waals surface area contributed by atoms with Gasteiger partial charge >= 0.3 is 11.9 Å². The molecule has 0 amide bonds. The van der Waals surface area contributed by atoms with E-state index in [1.807, 2.05) is 0 Å². The van der Waals surface area contributed by atoms with Crippen LogP contribution in [0.4, 0.5) is 0 Å². The third-order valence-electron chi connectivity index (χ3n) is 9.71. The summed E-state index contributed by atoms with van der Waals surface area (Å²) >= 11 is 0. The molecular formula is C30H40O10. The quantitative estimate of drug-likeness (QED) is 0.298. The molecule has 0 radical (unpaired) electrons. The highest BCUT2D eigenvalue weighted by Gasteiger charge is 2.66. The SMILES string of the molecule is CC(=O)O[C@H]1CO[C@@H]1CC(O)[C@@]1(C)C(=O)[C@H](O)C2=C(C)[C@@H](O)C[C@@](O)([C@@H](OC(=O)c3ccccc3)[C@@H]1C)C2(C)C. The minimum Gasteiger partial charge on any atom is -0.457 e. The molecule has 1 aromatic rings. The molecule has 2 fully saturated rings. The summed E-state index contributed by atoms with van der Waals surface area (Å²) in [5, 5.41) is 46.5. The van der Waals surface area contributed by atoms with Crippen molar-refractivity contribution >= 4 is 17.7 Å². The van der Waals surface area contributed by atoms with Crippen molar-refractivity contribution in [3.63, 3.8) is 0 Å². The molecule has 3 aliphatic rings. The van der Waals surface area contributed by atoms with E-state index in [0.717, 1.165) is 0 Å². The smallest absolute Gasteiger partial charge is 0.338 e. The molecule has 1 unspecified atom stereocenters. The standard InChI is InChI=1S/C30H40O10/c1-15-19(32)13-30(37)26(40-27(36)18-10-8-7-9-11-18)16(2)29(6,25(35)24(34)23(15)28(30,4)5)22(33)12-20-21(14-38-20)39-17(3)31/h7-11,16,19-22,24,26,32-34,37H,12-14H2,1-6H3/t16-,19-,20+,21-,22?,24+,26-,29-,30+/m0/s1. The van der Waals surface area contributed by atoms with Gasteiger partial charge in [0.05, 0.1) is 35.9 Å². The van der Waals surface area contributed by atoms with Gasteiger partial charge in [-0.05, 0) is 37.1 Å². The fraction of sp³-hybridized carbons (Fsp3) is 0.633. The van der Waals surface area contributed by atoms with E-state index in [2.05, 4.69) is 0 Å². The number of carbonyl (C=O) groups excluding carboxylic acids is 3. The zero-order valence-electron chi connectivity index (χ0n) is 23.8. The molecule has 2 bridgehead atoms. The predicted molar refractivity (Wildman–Crippen MR) is 142 cm³/mol. The summed E-state index contributed by atoms with van der Waals surface area (Å²) < 4.78 is 16.8. The fourth-order valence-corrected chi connectivity index (χ4v) is 6.76. The maximum Gasteiger partial charge on any atom is 0.338 e. The molecule has 40 heavy (non-hydrogen) atoms. The second-order valence-corrected chi connectivity index (χ2v) is 12.2. The monoisotopic (exact) mass is 560 g/mol. The third-order valence-corrected chi connectivity index (χ3v) is 9.71. The highest BCUT2D eigenvalue weighted by Crippen LogP contribution is 2.57. The number of rotatable bonds is 6. The van der Waals surface area contributed by atoms with Gasteiger partial charge in [-0.25, -0.2) is 4.79 Å². The van der Waals surface area contributed by atoms with Crippen molar-refractivity contribution in [3.8, 4) is 0 Å². The lowest BCUT2D eigenvalue weighted by molar-refractivity contribution is -0.223. The third kappa shape index (κ3) is 4.69. The van der Waals surface area contributed by atoms with Crippen LogP contribution in [0.5, 0.6) is 0 Å². The summed E-state index contributed by atoms with van der Waals surface area (Å²) in [7, 11) is 0. The molecule has 10 nitrogen and oxygen atoms in total. The first-order valence-electron chi connectivity index (χ1n) is 13.6. The lowest BCUT2D eigenvalue weighted by Gasteiger charge is -2.59. The Morgan fingerprint density at radius 2 is 1.75 bits per heavy atom. The summed E-state index contributed by atoms with van der Waals surface area (Å²) in [5.74, 6) is -3.03. The van der Waals surface area contributed by atoms with Crippen LogP contribution >= 0.6 is 0 Å². The molecule has 4 rings (SSSR count). The molecule has 1 aromatic carbocycles. The van der Waals surface area contributed by atoms with Gasteiger partial charge in [0.25, 0.3) is 0 Å². The number of esters is 2. The normalized spacial score (nSPS) is 38.0. The van der Waals surface area contributed by atoms with E-state index in [1.165, 1.54) is 13.8 Å². The Morgan fingerprint density at radius 1 is 1.12 bits per heavy atom. The summed E-state index contributed by atoms with van der Waals surface area (Å²) in [6.45, 7) is 9.35.